The first-order chi connectivity index (χ1) is 12.1. The van der Waals surface area contributed by atoms with Crippen molar-refractivity contribution < 1.29 is 4.79 Å². The van der Waals surface area contributed by atoms with Crippen molar-refractivity contribution in [2.75, 3.05) is 17.2 Å². The zero-order valence-corrected chi connectivity index (χ0v) is 15.1. The van der Waals surface area contributed by atoms with E-state index < -0.39 is 0 Å². The Kier molecular flexibility index (Phi) is 5.63. The topological polar surface area (TPSA) is 59.0 Å². The minimum Gasteiger partial charge on any atom is -0.375 e. The third-order valence-corrected chi connectivity index (χ3v) is 4.85. The van der Waals surface area contributed by atoms with Gasteiger partial charge in [-0.3, -0.25) is 4.79 Å². The van der Waals surface area contributed by atoms with Crippen LogP contribution in [0.15, 0.2) is 71.0 Å². The lowest BCUT2D eigenvalue weighted by Crippen LogP contribution is -2.21. The summed E-state index contributed by atoms with van der Waals surface area (Å²) in [6.45, 7) is 0.146. The molecule has 0 atom stereocenters. The van der Waals surface area contributed by atoms with Gasteiger partial charge in [-0.1, -0.05) is 35.5 Å². The van der Waals surface area contributed by atoms with Gasteiger partial charge >= 0.3 is 0 Å². The standard InChI is InChI=1S/C18H17ClN4OS/c1-23-11-10-20-18(23)25-14-8-6-13(7-9-14)22-17(24)12-21-16-5-3-2-4-15(16)19/h2-11,21H,12H2,1H3,(H,22,24). The van der Waals surface area contributed by atoms with Crippen molar-refractivity contribution in [3.63, 3.8) is 0 Å². The molecule has 0 aliphatic carbocycles. The summed E-state index contributed by atoms with van der Waals surface area (Å²) in [5.74, 6) is -0.135. The molecule has 2 aromatic carbocycles. The maximum Gasteiger partial charge on any atom is 0.243 e. The lowest BCUT2D eigenvalue weighted by atomic mass is 10.3. The Labute approximate surface area is 155 Å². The Hall–Kier alpha value is -2.44. The van der Waals surface area contributed by atoms with Gasteiger partial charge in [-0.2, -0.15) is 0 Å². The number of carbonyl (C=O) groups excluding carboxylic acids is 1. The number of hydrogen-bond acceptors (Lipinski definition) is 4. The van der Waals surface area contributed by atoms with Crippen LogP contribution in [-0.4, -0.2) is 22.0 Å². The number of nitrogens with zero attached hydrogens (tertiary/aromatic N) is 2. The van der Waals surface area contributed by atoms with Gasteiger partial charge in [-0.05, 0) is 36.4 Å². The van der Waals surface area contributed by atoms with Gasteiger partial charge in [-0.15, -0.1) is 0 Å². The molecule has 0 radical (unpaired) electrons. The molecular weight excluding hydrogens is 356 g/mol. The fourth-order valence-corrected chi connectivity index (χ4v) is 3.15. The van der Waals surface area contributed by atoms with Crippen molar-refractivity contribution in [3.05, 3.63) is 65.9 Å². The molecule has 3 rings (SSSR count). The summed E-state index contributed by atoms with van der Waals surface area (Å²) in [4.78, 5) is 17.4. The number of carbonyl (C=O) groups is 1. The SMILES string of the molecule is Cn1ccnc1Sc1ccc(NC(=O)CNc2ccccc2Cl)cc1. The molecule has 128 valence electrons. The molecule has 0 unspecified atom stereocenters. The molecule has 0 spiro atoms. The van der Waals surface area contributed by atoms with Gasteiger partial charge < -0.3 is 15.2 Å². The quantitative estimate of drug-likeness (QED) is 0.678. The average molecular weight is 373 g/mol. The van der Waals surface area contributed by atoms with E-state index in [0.717, 1.165) is 21.4 Å². The average Bonchev–Trinajstić information content (AvgIpc) is 3.01. The van der Waals surface area contributed by atoms with Crippen LogP contribution in [0, 0.1) is 0 Å². The molecule has 1 amide bonds. The van der Waals surface area contributed by atoms with E-state index in [1.807, 2.05) is 60.3 Å². The van der Waals surface area contributed by atoms with E-state index in [1.54, 1.807) is 24.0 Å². The minimum absolute atomic E-state index is 0.135. The Bertz CT molecular complexity index is 864. The molecule has 5 nitrogen and oxygen atoms in total. The molecule has 2 N–H and O–H groups in total. The van der Waals surface area contributed by atoms with Gasteiger partial charge in [-0.25, -0.2) is 4.98 Å². The van der Waals surface area contributed by atoms with E-state index >= 15 is 0 Å². The lowest BCUT2D eigenvalue weighted by molar-refractivity contribution is -0.114. The fourth-order valence-electron chi connectivity index (χ4n) is 2.15. The highest BCUT2D eigenvalue weighted by atomic mass is 35.5. The van der Waals surface area contributed by atoms with Crippen LogP contribution in [0.25, 0.3) is 0 Å². The van der Waals surface area contributed by atoms with Crippen molar-refractivity contribution in [2.24, 2.45) is 7.05 Å². The Balaban J connectivity index is 1.53. The highest BCUT2D eigenvalue weighted by Crippen LogP contribution is 2.26. The number of nitrogens with one attached hydrogen (secondary N) is 2. The summed E-state index contributed by atoms with van der Waals surface area (Å²) in [6.07, 6.45) is 3.67. The fraction of sp³-hybridized carbons (Fsp3) is 0.111. The number of imidazole rings is 1. The number of rotatable bonds is 6. The van der Waals surface area contributed by atoms with Crippen molar-refractivity contribution >= 4 is 40.6 Å². The molecule has 3 aromatic rings. The smallest absolute Gasteiger partial charge is 0.243 e. The molecular formula is C18H17ClN4OS. The van der Waals surface area contributed by atoms with Crippen molar-refractivity contribution in [1.82, 2.24) is 9.55 Å². The summed E-state index contributed by atoms with van der Waals surface area (Å²) in [7, 11) is 1.95. The third kappa shape index (κ3) is 4.78. The van der Waals surface area contributed by atoms with E-state index in [2.05, 4.69) is 15.6 Å². The molecule has 1 aromatic heterocycles. The summed E-state index contributed by atoms with van der Waals surface area (Å²) >= 11 is 7.62. The second kappa shape index (κ2) is 8.09. The highest BCUT2D eigenvalue weighted by Gasteiger charge is 2.06. The summed E-state index contributed by atoms with van der Waals surface area (Å²) in [6, 6.07) is 15.0. The molecule has 25 heavy (non-hydrogen) atoms. The number of para-hydroxylation sites is 1. The molecule has 0 aliphatic rings. The lowest BCUT2D eigenvalue weighted by Gasteiger charge is -2.09. The molecule has 7 heteroatoms. The van der Waals surface area contributed by atoms with E-state index in [9.17, 15) is 4.79 Å². The Morgan fingerprint density at radius 1 is 1.20 bits per heavy atom. The van der Waals surface area contributed by atoms with Gasteiger partial charge in [0.25, 0.3) is 0 Å². The van der Waals surface area contributed by atoms with Gasteiger partial charge in [0.05, 0.1) is 17.3 Å². The first-order valence-electron chi connectivity index (χ1n) is 7.65. The van der Waals surface area contributed by atoms with Crippen LogP contribution in [-0.2, 0) is 11.8 Å². The van der Waals surface area contributed by atoms with Crippen molar-refractivity contribution in [2.45, 2.75) is 10.1 Å². The minimum atomic E-state index is -0.135. The molecule has 0 aliphatic heterocycles. The van der Waals surface area contributed by atoms with Crippen molar-refractivity contribution in [1.29, 1.82) is 0 Å². The number of amides is 1. The molecule has 0 saturated carbocycles. The van der Waals surface area contributed by atoms with E-state index in [-0.39, 0.29) is 12.5 Å². The Morgan fingerprint density at radius 2 is 1.96 bits per heavy atom. The third-order valence-electron chi connectivity index (χ3n) is 3.44. The highest BCUT2D eigenvalue weighted by molar-refractivity contribution is 7.99. The number of anilines is 2. The molecule has 0 bridgehead atoms. The van der Waals surface area contributed by atoms with Gasteiger partial charge in [0.2, 0.25) is 5.91 Å². The van der Waals surface area contributed by atoms with Crippen LogP contribution < -0.4 is 10.6 Å². The second-order valence-corrected chi connectivity index (χ2v) is 6.78. The number of benzene rings is 2. The molecule has 1 heterocycles. The van der Waals surface area contributed by atoms with E-state index in [0.29, 0.717) is 5.02 Å². The maximum absolute atomic E-state index is 12.0. The van der Waals surface area contributed by atoms with Crippen LogP contribution in [0.1, 0.15) is 0 Å². The Morgan fingerprint density at radius 3 is 2.64 bits per heavy atom. The van der Waals surface area contributed by atoms with E-state index in [1.165, 1.54) is 0 Å². The zero-order chi connectivity index (χ0) is 17.6. The van der Waals surface area contributed by atoms with Crippen LogP contribution in [0.3, 0.4) is 0 Å². The number of aromatic nitrogens is 2. The van der Waals surface area contributed by atoms with Gasteiger partial charge in [0.1, 0.15) is 0 Å². The van der Waals surface area contributed by atoms with Crippen LogP contribution in [0.2, 0.25) is 5.02 Å². The molecule has 0 saturated heterocycles. The molecule has 0 fully saturated rings. The number of hydrogen-bond donors (Lipinski definition) is 2. The van der Waals surface area contributed by atoms with Crippen LogP contribution >= 0.6 is 23.4 Å². The largest absolute Gasteiger partial charge is 0.375 e. The first kappa shape index (κ1) is 17.4. The zero-order valence-electron chi connectivity index (χ0n) is 13.6. The normalized spacial score (nSPS) is 10.5. The first-order valence-corrected chi connectivity index (χ1v) is 8.85. The predicted molar refractivity (Wildman–Crippen MR) is 102 cm³/mol. The van der Waals surface area contributed by atoms with Crippen molar-refractivity contribution in [3.8, 4) is 0 Å². The van der Waals surface area contributed by atoms with Gasteiger partial charge in [0.15, 0.2) is 5.16 Å². The van der Waals surface area contributed by atoms with Crippen LogP contribution in [0.5, 0.6) is 0 Å². The number of halogens is 1. The summed E-state index contributed by atoms with van der Waals surface area (Å²) in [5, 5.41) is 7.38. The van der Waals surface area contributed by atoms with E-state index in [4.69, 9.17) is 11.6 Å². The summed E-state index contributed by atoms with van der Waals surface area (Å²) in [5.41, 5.74) is 1.48. The van der Waals surface area contributed by atoms with Gasteiger partial charge in [0, 0.05) is 30.0 Å². The monoisotopic (exact) mass is 372 g/mol. The predicted octanol–water partition coefficient (Wildman–Crippen LogP) is 4.28. The number of aryl methyl sites for hydroxylation is 1. The maximum atomic E-state index is 12.0. The summed E-state index contributed by atoms with van der Waals surface area (Å²) < 4.78 is 1.96. The second-order valence-electron chi connectivity index (χ2n) is 5.33. The van der Waals surface area contributed by atoms with Crippen LogP contribution in [0.4, 0.5) is 11.4 Å².